The number of carbonyl (C=O) groups excluding carboxylic acids is 1. The molecule has 28 heavy (non-hydrogen) atoms. The summed E-state index contributed by atoms with van der Waals surface area (Å²) in [7, 11) is 3.09. The maximum absolute atomic E-state index is 12.5. The summed E-state index contributed by atoms with van der Waals surface area (Å²) in [6.07, 6.45) is 0.113. The van der Waals surface area contributed by atoms with Crippen LogP contribution in [-0.2, 0) is 11.2 Å². The monoisotopic (exact) mass is 384 g/mol. The van der Waals surface area contributed by atoms with E-state index in [1.165, 1.54) is 7.11 Å². The second-order valence-corrected chi connectivity index (χ2v) is 5.74. The number of nitrogens with one attached hydrogen (secondary N) is 1. The van der Waals surface area contributed by atoms with Crippen LogP contribution >= 0.6 is 0 Å². The van der Waals surface area contributed by atoms with Crippen molar-refractivity contribution in [3.8, 4) is 29.1 Å². The number of benzene rings is 2. The van der Waals surface area contributed by atoms with Crippen molar-refractivity contribution < 1.29 is 23.7 Å². The predicted molar refractivity (Wildman–Crippen MR) is 105 cm³/mol. The van der Waals surface area contributed by atoms with E-state index >= 15 is 0 Å². The molecule has 0 aliphatic heterocycles. The molecule has 1 amide bonds. The molecule has 0 bridgehead atoms. The van der Waals surface area contributed by atoms with E-state index < -0.39 is 0 Å². The SMILES string of the molecule is CCOc1cc(C#N)c(NC(=O)Cc2ccc(OC)c(OC)c2)cc1OCC. The van der Waals surface area contributed by atoms with Gasteiger partial charge in [-0.1, -0.05) is 6.07 Å². The molecule has 0 unspecified atom stereocenters. The smallest absolute Gasteiger partial charge is 0.228 e. The number of ether oxygens (including phenoxy) is 4. The Kier molecular flexibility index (Phi) is 7.52. The molecule has 0 spiro atoms. The summed E-state index contributed by atoms with van der Waals surface area (Å²) < 4.78 is 21.6. The fraction of sp³-hybridized carbons (Fsp3) is 0.333. The first-order valence-corrected chi connectivity index (χ1v) is 8.90. The van der Waals surface area contributed by atoms with Gasteiger partial charge in [-0.05, 0) is 31.5 Å². The Morgan fingerprint density at radius 1 is 0.964 bits per heavy atom. The summed E-state index contributed by atoms with van der Waals surface area (Å²) in [6.45, 7) is 4.57. The lowest BCUT2D eigenvalue weighted by atomic mass is 10.1. The fourth-order valence-corrected chi connectivity index (χ4v) is 2.66. The lowest BCUT2D eigenvalue weighted by Crippen LogP contribution is -2.15. The number of amides is 1. The molecule has 2 rings (SSSR count). The fourth-order valence-electron chi connectivity index (χ4n) is 2.66. The highest BCUT2D eigenvalue weighted by Gasteiger charge is 2.15. The Balaban J connectivity index is 2.23. The van der Waals surface area contributed by atoms with Crippen LogP contribution in [0.15, 0.2) is 30.3 Å². The summed E-state index contributed by atoms with van der Waals surface area (Å²) in [4.78, 5) is 12.5. The van der Waals surface area contributed by atoms with Crippen molar-refractivity contribution >= 4 is 11.6 Å². The van der Waals surface area contributed by atoms with Crippen LogP contribution in [-0.4, -0.2) is 33.3 Å². The quantitative estimate of drug-likeness (QED) is 0.711. The van der Waals surface area contributed by atoms with Crippen molar-refractivity contribution in [2.24, 2.45) is 0 Å². The standard InChI is InChI=1S/C21H24N2O5/c1-5-27-19-11-15(13-22)16(12-20(19)28-6-2)23-21(24)10-14-7-8-17(25-3)18(9-14)26-4/h7-9,11-12H,5-6,10H2,1-4H3,(H,23,24). The molecule has 1 N–H and O–H groups in total. The van der Waals surface area contributed by atoms with Crippen LogP contribution in [0, 0.1) is 11.3 Å². The highest BCUT2D eigenvalue weighted by Crippen LogP contribution is 2.34. The zero-order chi connectivity index (χ0) is 20.5. The average Bonchev–Trinajstić information content (AvgIpc) is 2.69. The van der Waals surface area contributed by atoms with Gasteiger partial charge in [0.25, 0.3) is 0 Å². The van der Waals surface area contributed by atoms with Gasteiger partial charge in [0.2, 0.25) is 5.91 Å². The summed E-state index contributed by atoms with van der Waals surface area (Å²) >= 11 is 0. The molecule has 0 fully saturated rings. The van der Waals surface area contributed by atoms with Crippen LogP contribution in [0.4, 0.5) is 5.69 Å². The Labute approximate surface area is 164 Å². The van der Waals surface area contributed by atoms with Crippen LogP contribution in [0.5, 0.6) is 23.0 Å². The first kappa shape index (κ1) is 20.9. The number of nitrogens with zero attached hydrogens (tertiary/aromatic N) is 1. The summed E-state index contributed by atoms with van der Waals surface area (Å²) in [5.74, 6) is 1.82. The van der Waals surface area contributed by atoms with Crippen LogP contribution in [0.25, 0.3) is 0 Å². The number of hydrogen-bond acceptors (Lipinski definition) is 6. The van der Waals surface area contributed by atoms with E-state index in [1.807, 2.05) is 13.8 Å². The molecule has 0 atom stereocenters. The zero-order valence-corrected chi connectivity index (χ0v) is 16.5. The minimum absolute atomic E-state index is 0.113. The van der Waals surface area contributed by atoms with Crippen molar-refractivity contribution in [3.63, 3.8) is 0 Å². The number of methoxy groups -OCH3 is 2. The van der Waals surface area contributed by atoms with Gasteiger partial charge < -0.3 is 24.3 Å². The second-order valence-electron chi connectivity index (χ2n) is 5.74. The number of hydrogen-bond donors (Lipinski definition) is 1. The van der Waals surface area contributed by atoms with Crippen LogP contribution in [0.3, 0.4) is 0 Å². The number of carbonyl (C=O) groups is 1. The molecule has 2 aromatic carbocycles. The van der Waals surface area contributed by atoms with E-state index in [0.29, 0.717) is 47.5 Å². The molecule has 7 heteroatoms. The minimum Gasteiger partial charge on any atom is -0.493 e. The average molecular weight is 384 g/mol. The van der Waals surface area contributed by atoms with Gasteiger partial charge in [-0.25, -0.2) is 0 Å². The molecule has 0 radical (unpaired) electrons. The van der Waals surface area contributed by atoms with Gasteiger partial charge in [-0.3, -0.25) is 4.79 Å². The highest BCUT2D eigenvalue weighted by atomic mass is 16.5. The summed E-state index contributed by atoms with van der Waals surface area (Å²) in [5, 5.41) is 12.2. The largest absolute Gasteiger partial charge is 0.493 e. The van der Waals surface area contributed by atoms with E-state index in [9.17, 15) is 10.1 Å². The van der Waals surface area contributed by atoms with Gasteiger partial charge >= 0.3 is 0 Å². The first-order chi connectivity index (χ1) is 13.6. The van der Waals surface area contributed by atoms with Crippen LogP contribution in [0.1, 0.15) is 25.0 Å². The molecular weight excluding hydrogens is 360 g/mol. The maximum Gasteiger partial charge on any atom is 0.228 e. The molecule has 0 saturated heterocycles. The van der Waals surface area contributed by atoms with E-state index in [1.54, 1.807) is 37.4 Å². The Bertz CT molecular complexity index is 874. The Morgan fingerprint density at radius 2 is 1.61 bits per heavy atom. The lowest BCUT2D eigenvalue weighted by molar-refractivity contribution is -0.115. The third-order valence-corrected chi connectivity index (χ3v) is 3.89. The van der Waals surface area contributed by atoms with E-state index in [2.05, 4.69) is 11.4 Å². The van der Waals surface area contributed by atoms with Gasteiger partial charge in [-0.2, -0.15) is 5.26 Å². The number of nitriles is 1. The lowest BCUT2D eigenvalue weighted by Gasteiger charge is -2.15. The van der Waals surface area contributed by atoms with Gasteiger partial charge in [0.15, 0.2) is 23.0 Å². The number of rotatable bonds is 9. The molecule has 2 aromatic rings. The normalized spacial score (nSPS) is 9.96. The highest BCUT2D eigenvalue weighted by molar-refractivity contribution is 5.94. The molecular formula is C21H24N2O5. The molecule has 148 valence electrons. The van der Waals surface area contributed by atoms with Crippen molar-refractivity contribution in [2.45, 2.75) is 20.3 Å². The van der Waals surface area contributed by atoms with Gasteiger partial charge in [0, 0.05) is 12.1 Å². The molecule has 7 nitrogen and oxygen atoms in total. The Morgan fingerprint density at radius 3 is 2.18 bits per heavy atom. The van der Waals surface area contributed by atoms with E-state index in [4.69, 9.17) is 18.9 Å². The third-order valence-electron chi connectivity index (χ3n) is 3.89. The molecule has 0 saturated carbocycles. The molecule has 0 aliphatic rings. The topological polar surface area (TPSA) is 89.8 Å². The van der Waals surface area contributed by atoms with Crippen molar-refractivity contribution in [1.29, 1.82) is 5.26 Å². The van der Waals surface area contributed by atoms with Crippen LogP contribution < -0.4 is 24.3 Å². The van der Waals surface area contributed by atoms with Gasteiger partial charge in [-0.15, -0.1) is 0 Å². The zero-order valence-electron chi connectivity index (χ0n) is 16.5. The summed E-state index contributed by atoms with van der Waals surface area (Å²) in [5.41, 5.74) is 1.43. The van der Waals surface area contributed by atoms with Gasteiger partial charge in [0.1, 0.15) is 6.07 Å². The first-order valence-electron chi connectivity index (χ1n) is 8.90. The molecule has 0 heterocycles. The third kappa shape index (κ3) is 5.07. The predicted octanol–water partition coefficient (Wildman–Crippen LogP) is 3.55. The summed E-state index contributed by atoms with van der Waals surface area (Å²) in [6, 6.07) is 10.5. The second kappa shape index (κ2) is 10.1. The van der Waals surface area contributed by atoms with E-state index in [0.717, 1.165) is 5.56 Å². The van der Waals surface area contributed by atoms with Crippen molar-refractivity contribution in [3.05, 3.63) is 41.5 Å². The van der Waals surface area contributed by atoms with E-state index in [-0.39, 0.29) is 12.3 Å². The molecule has 0 aromatic heterocycles. The van der Waals surface area contributed by atoms with Crippen LogP contribution in [0.2, 0.25) is 0 Å². The Hall–Kier alpha value is -3.40. The number of anilines is 1. The van der Waals surface area contributed by atoms with Crippen molar-refractivity contribution in [2.75, 3.05) is 32.8 Å². The van der Waals surface area contributed by atoms with Crippen molar-refractivity contribution in [1.82, 2.24) is 0 Å². The minimum atomic E-state index is -0.268. The van der Waals surface area contributed by atoms with Gasteiger partial charge in [0.05, 0.1) is 45.1 Å². The molecule has 0 aliphatic carbocycles. The maximum atomic E-state index is 12.5.